The summed E-state index contributed by atoms with van der Waals surface area (Å²) in [6, 6.07) is 20.9. The Morgan fingerprint density at radius 3 is 2.55 bits per heavy atom. The van der Waals surface area contributed by atoms with E-state index in [0.29, 0.717) is 11.4 Å². The number of rotatable bonds is 8. The summed E-state index contributed by atoms with van der Waals surface area (Å²) in [5.74, 6) is 0.0853. The number of halogens is 1. The van der Waals surface area contributed by atoms with Crippen LogP contribution < -0.4 is 10.1 Å². The van der Waals surface area contributed by atoms with Gasteiger partial charge in [-0.2, -0.15) is 0 Å². The number of amides is 1. The molecule has 29 heavy (non-hydrogen) atoms. The third-order valence-corrected chi connectivity index (χ3v) is 3.98. The second-order valence-electron chi connectivity index (χ2n) is 6.41. The molecule has 0 aliphatic rings. The zero-order chi connectivity index (χ0) is 20.5. The van der Waals surface area contributed by atoms with Crippen LogP contribution in [0.4, 0.5) is 10.1 Å². The molecule has 3 aromatic rings. The van der Waals surface area contributed by atoms with E-state index in [2.05, 4.69) is 10.5 Å². The molecule has 0 unspecified atom stereocenters. The predicted octanol–water partition coefficient (Wildman–Crippen LogP) is 4.70. The summed E-state index contributed by atoms with van der Waals surface area (Å²) in [5.41, 5.74) is 3.38. The Balaban J connectivity index is 1.41. The molecule has 0 atom stereocenters. The monoisotopic (exact) mass is 392 g/mol. The normalized spacial score (nSPS) is 10.7. The first kappa shape index (κ1) is 20.1. The molecule has 0 aromatic heterocycles. The van der Waals surface area contributed by atoms with E-state index >= 15 is 0 Å². The number of hydrogen-bond donors (Lipinski definition) is 1. The van der Waals surface area contributed by atoms with E-state index in [1.165, 1.54) is 18.3 Å². The Morgan fingerprint density at radius 2 is 1.83 bits per heavy atom. The number of carbonyl (C=O) groups is 1. The minimum absolute atomic E-state index is 0.181. The van der Waals surface area contributed by atoms with Crippen LogP contribution in [0.2, 0.25) is 0 Å². The third kappa shape index (κ3) is 6.77. The van der Waals surface area contributed by atoms with Gasteiger partial charge in [-0.1, -0.05) is 35.0 Å². The van der Waals surface area contributed by atoms with E-state index in [4.69, 9.17) is 9.57 Å². The SMILES string of the molecule is Cc1ccc(NC(=O)CON=Cc2ccc(OCc3cccc(F)c3)cc2)cc1. The fraction of sp³-hybridized carbons (Fsp3) is 0.130. The van der Waals surface area contributed by atoms with Crippen LogP contribution in [0, 0.1) is 12.7 Å². The van der Waals surface area contributed by atoms with Crippen molar-refractivity contribution in [1.29, 1.82) is 0 Å². The van der Waals surface area contributed by atoms with Gasteiger partial charge in [-0.15, -0.1) is 0 Å². The summed E-state index contributed by atoms with van der Waals surface area (Å²) in [5, 5.41) is 6.53. The number of oxime groups is 1. The second-order valence-corrected chi connectivity index (χ2v) is 6.41. The van der Waals surface area contributed by atoms with E-state index in [-0.39, 0.29) is 24.9 Å². The van der Waals surface area contributed by atoms with Gasteiger partial charge in [0.2, 0.25) is 0 Å². The highest BCUT2D eigenvalue weighted by molar-refractivity contribution is 5.91. The van der Waals surface area contributed by atoms with Gasteiger partial charge >= 0.3 is 0 Å². The first-order valence-electron chi connectivity index (χ1n) is 9.08. The summed E-state index contributed by atoms with van der Waals surface area (Å²) in [4.78, 5) is 16.8. The number of ether oxygens (including phenoxy) is 1. The average Bonchev–Trinajstić information content (AvgIpc) is 2.72. The molecule has 0 saturated heterocycles. The highest BCUT2D eigenvalue weighted by Crippen LogP contribution is 2.14. The van der Waals surface area contributed by atoms with E-state index in [0.717, 1.165) is 16.7 Å². The fourth-order valence-electron chi connectivity index (χ4n) is 2.47. The van der Waals surface area contributed by atoms with Gasteiger partial charge < -0.3 is 14.9 Å². The summed E-state index contributed by atoms with van der Waals surface area (Å²) < 4.78 is 18.8. The topological polar surface area (TPSA) is 59.9 Å². The van der Waals surface area contributed by atoms with Gasteiger partial charge in [-0.05, 0) is 66.6 Å². The maximum absolute atomic E-state index is 13.2. The van der Waals surface area contributed by atoms with Crippen LogP contribution in [0.3, 0.4) is 0 Å². The Morgan fingerprint density at radius 1 is 1.07 bits per heavy atom. The van der Waals surface area contributed by atoms with Crippen molar-refractivity contribution in [3.8, 4) is 5.75 Å². The van der Waals surface area contributed by atoms with E-state index in [1.54, 1.807) is 36.4 Å². The average molecular weight is 392 g/mol. The maximum Gasteiger partial charge on any atom is 0.265 e. The zero-order valence-corrected chi connectivity index (χ0v) is 16.0. The molecule has 6 heteroatoms. The fourth-order valence-corrected chi connectivity index (χ4v) is 2.47. The van der Waals surface area contributed by atoms with Crippen molar-refractivity contribution in [1.82, 2.24) is 0 Å². The molecule has 1 N–H and O–H groups in total. The molecule has 0 heterocycles. The van der Waals surface area contributed by atoms with Gasteiger partial charge in [-0.3, -0.25) is 4.79 Å². The van der Waals surface area contributed by atoms with Crippen molar-refractivity contribution >= 4 is 17.8 Å². The molecule has 0 radical (unpaired) electrons. The molecular weight excluding hydrogens is 371 g/mol. The van der Waals surface area contributed by atoms with Crippen LogP contribution in [0.25, 0.3) is 0 Å². The highest BCUT2D eigenvalue weighted by Gasteiger charge is 2.02. The lowest BCUT2D eigenvalue weighted by atomic mass is 10.2. The molecule has 5 nitrogen and oxygen atoms in total. The van der Waals surface area contributed by atoms with Gasteiger partial charge in [0.15, 0.2) is 6.61 Å². The number of anilines is 1. The lowest BCUT2D eigenvalue weighted by Gasteiger charge is -2.06. The molecule has 148 valence electrons. The lowest BCUT2D eigenvalue weighted by molar-refractivity contribution is -0.120. The van der Waals surface area contributed by atoms with Crippen molar-refractivity contribution in [3.05, 3.63) is 95.3 Å². The summed E-state index contributed by atoms with van der Waals surface area (Å²) in [7, 11) is 0. The lowest BCUT2D eigenvalue weighted by Crippen LogP contribution is -2.16. The minimum atomic E-state index is -0.287. The van der Waals surface area contributed by atoms with E-state index in [1.807, 2.05) is 31.2 Å². The van der Waals surface area contributed by atoms with Crippen LogP contribution >= 0.6 is 0 Å². The third-order valence-electron chi connectivity index (χ3n) is 3.98. The largest absolute Gasteiger partial charge is 0.489 e. The van der Waals surface area contributed by atoms with E-state index < -0.39 is 0 Å². The Kier molecular flexibility index (Phi) is 6.95. The summed E-state index contributed by atoms with van der Waals surface area (Å²) in [6.07, 6.45) is 1.51. The van der Waals surface area contributed by atoms with Crippen molar-refractivity contribution in [2.24, 2.45) is 5.16 Å². The highest BCUT2D eigenvalue weighted by atomic mass is 19.1. The van der Waals surface area contributed by atoms with Crippen LogP contribution in [0.5, 0.6) is 5.75 Å². The minimum Gasteiger partial charge on any atom is -0.489 e. The molecule has 0 spiro atoms. The van der Waals surface area contributed by atoms with Crippen LogP contribution in [-0.2, 0) is 16.2 Å². The van der Waals surface area contributed by atoms with Gasteiger partial charge in [0.1, 0.15) is 18.2 Å². The van der Waals surface area contributed by atoms with E-state index in [9.17, 15) is 9.18 Å². The Bertz CT molecular complexity index is 970. The van der Waals surface area contributed by atoms with Gasteiger partial charge in [0.25, 0.3) is 5.91 Å². The molecule has 3 rings (SSSR count). The van der Waals surface area contributed by atoms with Crippen molar-refractivity contribution in [2.75, 3.05) is 11.9 Å². The molecule has 0 saturated carbocycles. The molecule has 0 aliphatic heterocycles. The van der Waals surface area contributed by atoms with Crippen LogP contribution in [0.1, 0.15) is 16.7 Å². The number of aryl methyl sites for hydroxylation is 1. The number of nitrogens with zero attached hydrogens (tertiary/aromatic N) is 1. The van der Waals surface area contributed by atoms with Gasteiger partial charge in [0, 0.05) is 5.69 Å². The van der Waals surface area contributed by atoms with Crippen LogP contribution in [-0.4, -0.2) is 18.7 Å². The summed E-state index contributed by atoms with van der Waals surface area (Å²) in [6.45, 7) is 2.08. The number of hydrogen-bond acceptors (Lipinski definition) is 4. The predicted molar refractivity (Wildman–Crippen MR) is 111 cm³/mol. The molecule has 0 bridgehead atoms. The first-order valence-corrected chi connectivity index (χ1v) is 9.08. The zero-order valence-electron chi connectivity index (χ0n) is 16.0. The van der Waals surface area contributed by atoms with Crippen molar-refractivity contribution < 1.29 is 18.8 Å². The maximum atomic E-state index is 13.2. The number of nitrogens with one attached hydrogen (secondary N) is 1. The smallest absolute Gasteiger partial charge is 0.265 e. The quantitative estimate of drug-likeness (QED) is 0.446. The van der Waals surface area contributed by atoms with Gasteiger partial charge in [-0.25, -0.2) is 4.39 Å². The van der Waals surface area contributed by atoms with Crippen molar-refractivity contribution in [3.63, 3.8) is 0 Å². The molecule has 3 aromatic carbocycles. The van der Waals surface area contributed by atoms with Crippen LogP contribution in [0.15, 0.2) is 78.0 Å². The molecule has 0 aliphatic carbocycles. The van der Waals surface area contributed by atoms with Crippen molar-refractivity contribution in [2.45, 2.75) is 13.5 Å². The molecular formula is C23H21FN2O3. The molecule has 1 amide bonds. The standard InChI is InChI=1S/C23H21FN2O3/c1-17-5-9-21(10-6-17)26-23(27)16-29-25-14-18-7-11-22(12-8-18)28-15-19-3-2-4-20(24)13-19/h2-14H,15-16H2,1H3,(H,26,27). The second kappa shape index (κ2) is 10.0. The molecule has 0 fully saturated rings. The Hall–Kier alpha value is -3.67. The van der Waals surface area contributed by atoms with Gasteiger partial charge in [0.05, 0.1) is 6.21 Å². The Labute approximate surface area is 168 Å². The first-order chi connectivity index (χ1) is 14.1. The number of carbonyl (C=O) groups excluding carboxylic acids is 1. The number of benzene rings is 3. The summed E-state index contributed by atoms with van der Waals surface area (Å²) >= 11 is 0.